The van der Waals surface area contributed by atoms with Crippen molar-refractivity contribution in [2.24, 2.45) is 0 Å². The molecule has 0 saturated carbocycles. The Kier molecular flexibility index (Phi) is 10.4. The Bertz CT molecular complexity index is 1150. The summed E-state index contributed by atoms with van der Waals surface area (Å²) in [5.74, 6) is -0.852. The van der Waals surface area contributed by atoms with Gasteiger partial charge >= 0.3 is 0 Å². The molecule has 2 amide bonds. The first-order chi connectivity index (χ1) is 16.4. The number of carbonyl (C=O) groups is 2. The van der Waals surface area contributed by atoms with E-state index in [9.17, 15) is 18.0 Å². The lowest BCUT2D eigenvalue weighted by Gasteiger charge is -2.33. The number of hydrogen-bond acceptors (Lipinski definition) is 4. The minimum Gasteiger partial charge on any atom is -0.354 e. The minimum atomic E-state index is -3.81. The molecule has 2 aromatic carbocycles. The van der Waals surface area contributed by atoms with E-state index in [4.69, 9.17) is 23.2 Å². The summed E-state index contributed by atoms with van der Waals surface area (Å²) in [6.45, 7) is 7.31. The fraction of sp³-hybridized carbons (Fsp3) is 0.440. The SMILES string of the molecule is CCCNC(=O)[C@@H](CC)N(Cc1c(Cl)cccc1Cl)C(=O)CN(c1cc(C)ccc1C)S(C)(=O)=O. The largest absolute Gasteiger partial charge is 0.354 e. The van der Waals surface area contributed by atoms with Gasteiger partial charge in [-0.15, -0.1) is 0 Å². The van der Waals surface area contributed by atoms with E-state index in [1.165, 1.54) is 4.90 Å². The maximum Gasteiger partial charge on any atom is 0.244 e. The van der Waals surface area contributed by atoms with Crippen molar-refractivity contribution < 1.29 is 18.0 Å². The van der Waals surface area contributed by atoms with Crippen molar-refractivity contribution in [2.45, 2.75) is 53.1 Å². The van der Waals surface area contributed by atoms with Crippen LogP contribution >= 0.6 is 23.2 Å². The van der Waals surface area contributed by atoms with Crippen molar-refractivity contribution in [1.82, 2.24) is 10.2 Å². The van der Waals surface area contributed by atoms with Gasteiger partial charge in [0.25, 0.3) is 0 Å². The smallest absolute Gasteiger partial charge is 0.244 e. The number of hydrogen-bond donors (Lipinski definition) is 1. The lowest BCUT2D eigenvalue weighted by atomic mass is 10.1. The van der Waals surface area contributed by atoms with Crippen LogP contribution in [0.3, 0.4) is 0 Å². The van der Waals surface area contributed by atoms with Gasteiger partial charge in [0.05, 0.1) is 11.9 Å². The van der Waals surface area contributed by atoms with Gasteiger partial charge in [-0.25, -0.2) is 8.42 Å². The first kappa shape index (κ1) is 28.9. The highest BCUT2D eigenvalue weighted by Gasteiger charge is 2.32. The van der Waals surface area contributed by atoms with Crippen LogP contribution in [0, 0.1) is 13.8 Å². The molecule has 0 saturated heterocycles. The summed E-state index contributed by atoms with van der Waals surface area (Å²) in [5.41, 5.74) is 2.47. The van der Waals surface area contributed by atoms with Gasteiger partial charge in [-0.2, -0.15) is 0 Å². The second kappa shape index (κ2) is 12.6. The van der Waals surface area contributed by atoms with Crippen LogP contribution in [0.1, 0.15) is 43.4 Å². The van der Waals surface area contributed by atoms with Crippen LogP contribution in [0.15, 0.2) is 36.4 Å². The van der Waals surface area contributed by atoms with Crippen LogP contribution in [-0.2, 0) is 26.2 Å². The predicted octanol–water partition coefficient (Wildman–Crippen LogP) is 4.71. The molecule has 1 atom stereocenters. The summed E-state index contributed by atoms with van der Waals surface area (Å²) in [5, 5.41) is 3.55. The van der Waals surface area contributed by atoms with Crippen LogP contribution in [0.25, 0.3) is 0 Å². The molecule has 0 unspecified atom stereocenters. The van der Waals surface area contributed by atoms with E-state index in [1.54, 1.807) is 38.1 Å². The monoisotopic (exact) mass is 541 g/mol. The van der Waals surface area contributed by atoms with Gasteiger partial charge in [0, 0.05) is 28.7 Å². The average molecular weight is 543 g/mol. The van der Waals surface area contributed by atoms with E-state index in [-0.39, 0.29) is 12.5 Å². The maximum atomic E-state index is 13.7. The first-order valence-electron chi connectivity index (χ1n) is 11.5. The molecule has 10 heteroatoms. The topological polar surface area (TPSA) is 86.8 Å². The number of anilines is 1. The summed E-state index contributed by atoms with van der Waals surface area (Å²) >= 11 is 12.7. The Morgan fingerprint density at radius 3 is 2.23 bits per heavy atom. The maximum absolute atomic E-state index is 13.7. The van der Waals surface area contributed by atoms with Crippen LogP contribution in [0.4, 0.5) is 5.69 Å². The van der Waals surface area contributed by atoms with Gasteiger partial charge in [0.2, 0.25) is 21.8 Å². The molecule has 0 aliphatic heterocycles. The van der Waals surface area contributed by atoms with E-state index in [0.29, 0.717) is 39.8 Å². The van der Waals surface area contributed by atoms with Crippen LogP contribution in [-0.4, -0.2) is 50.5 Å². The molecule has 2 aromatic rings. The van der Waals surface area contributed by atoms with Crippen molar-refractivity contribution in [2.75, 3.05) is 23.7 Å². The zero-order valence-electron chi connectivity index (χ0n) is 20.8. The summed E-state index contributed by atoms with van der Waals surface area (Å²) in [7, 11) is -3.81. The third-order valence-corrected chi connectivity index (χ3v) is 7.47. The molecule has 35 heavy (non-hydrogen) atoms. The highest BCUT2D eigenvalue weighted by atomic mass is 35.5. The number of aryl methyl sites for hydroxylation is 2. The summed E-state index contributed by atoms with van der Waals surface area (Å²) in [6.07, 6.45) is 2.12. The standard InChI is InChI=1S/C25H33Cl2N3O4S/c1-6-13-28-25(32)22(7-2)29(15-19-20(26)9-8-10-21(19)27)24(31)16-30(35(5,33)34)23-14-17(3)11-12-18(23)4/h8-12,14,22H,6-7,13,15-16H2,1-5H3,(H,28,32)/t22-/m1/s1. The lowest BCUT2D eigenvalue weighted by molar-refractivity contribution is -0.140. The van der Waals surface area contributed by atoms with E-state index in [1.807, 2.05) is 26.0 Å². The lowest BCUT2D eigenvalue weighted by Crippen LogP contribution is -2.52. The fourth-order valence-electron chi connectivity index (χ4n) is 3.72. The highest BCUT2D eigenvalue weighted by Crippen LogP contribution is 2.28. The Labute approximate surface area is 218 Å². The molecule has 192 valence electrons. The first-order valence-corrected chi connectivity index (χ1v) is 14.1. The van der Waals surface area contributed by atoms with E-state index in [0.717, 1.165) is 22.5 Å². The number of sulfonamides is 1. The van der Waals surface area contributed by atoms with Gasteiger partial charge < -0.3 is 10.2 Å². The summed E-state index contributed by atoms with van der Waals surface area (Å²) in [4.78, 5) is 28.1. The van der Waals surface area contributed by atoms with E-state index in [2.05, 4.69) is 5.32 Å². The Morgan fingerprint density at radius 1 is 1.06 bits per heavy atom. The summed E-state index contributed by atoms with van der Waals surface area (Å²) < 4.78 is 26.6. The Balaban J connectivity index is 2.53. The van der Waals surface area contributed by atoms with Crippen molar-refractivity contribution in [3.63, 3.8) is 0 Å². The number of carbonyl (C=O) groups excluding carboxylic acids is 2. The Hall–Kier alpha value is -2.29. The van der Waals surface area contributed by atoms with Gasteiger partial charge in [-0.1, -0.05) is 55.2 Å². The predicted molar refractivity (Wildman–Crippen MR) is 142 cm³/mol. The molecule has 0 aromatic heterocycles. The number of benzene rings is 2. The van der Waals surface area contributed by atoms with Crippen LogP contribution in [0.5, 0.6) is 0 Å². The number of rotatable bonds is 11. The number of nitrogens with one attached hydrogen (secondary N) is 1. The zero-order chi connectivity index (χ0) is 26.3. The molecular weight excluding hydrogens is 509 g/mol. The molecule has 0 bridgehead atoms. The van der Waals surface area contributed by atoms with E-state index >= 15 is 0 Å². The molecule has 7 nitrogen and oxygen atoms in total. The molecule has 1 N–H and O–H groups in total. The van der Waals surface area contributed by atoms with Crippen molar-refractivity contribution in [3.8, 4) is 0 Å². The molecule has 0 aliphatic carbocycles. The molecular formula is C25H33Cl2N3O4S. The Morgan fingerprint density at radius 2 is 1.69 bits per heavy atom. The average Bonchev–Trinajstić information content (AvgIpc) is 2.78. The molecule has 0 fully saturated rings. The molecule has 0 heterocycles. The minimum absolute atomic E-state index is 0.0419. The third kappa shape index (κ3) is 7.59. The number of amides is 2. The second-order valence-electron chi connectivity index (χ2n) is 8.50. The number of nitrogens with zero attached hydrogens (tertiary/aromatic N) is 2. The molecule has 0 aliphatic rings. The zero-order valence-corrected chi connectivity index (χ0v) is 23.1. The normalized spacial score (nSPS) is 12.2. The van der Waals surface area contributed by atoms with Crippen LogP contribution < -0.4 is 9.62 Å². The third-order valence-electron chi connectivity index (χ3n) is 5.64. The van der Waals surface area contributed by atoms with Crippen LogP contribution in [0.2, 0.25) is 10.0 Å². The van der Waals surface area contributed by atoms with Gasteiger partial charge in [-0.3, -0.25) is 13.9 Å². The fourth-order valence-corrected chi connectivity index (χ4v) is 5.14. The van der Waals surface area contributed by atoms with Gasteiger partial charge in [0.15, 0.2) is 0 Å². The quantitative estimate of drug-likeness (QED) is 0.446. The summed E-state index contributed by atoms with van der Waals surface area (Å²) in [6, 6.07) is 9.58. The highest BCUT2D eigenvalue weighted by molar-refractivity contribution is 7.92. The van der Waals surface area contributed by atoms with Gasteiger partial charge in [0.1, 0.15) is 12.6 Å². The van der Waals surface area contributed by atoms with Crippen molar-refractivity contribution >= 4 is 50.7 Å². The molecule has 2 rings (SSSR count). The number of halogens is 2. The van der Waals surface area contributed by atoms with E-state index < -0.39 is 28.5 Å². The van der Waals surface area contributed by atoms with Gasteiger partial charge in [-0.05, 0) is 56.0 Å². The van der Waals surface area contributed by atoms with Crippen molar-refractivity contribution in [1.29, 1.82) is 0 Å². The molecule has 0 spiro atoms. The van der Waals surface area contributed by atoms with Crippen molar-refractivity contribution in [3.05, 3.63) is 63.1 Å². The molecule has 0 radical (unpaired) electrons. The second-order valence-corrected chi connectivity index (χ2v) is 11.2.